The number of carbonyl (C=O) groups excluding carboxylic acids is 3. The van der Waals surface area contributed by atoms with Crippen LogP contribution in [-0.4, -0.2) is 41.3 Å². The largest absolute Gasteiger partial charge is 0.453 e. The van der Waals surface area contributed by atoms with Gasteiger partial charge in [0.05, 0.1) is 17.8 Å². The van der Waals surface area contributed by atoms with E-state index < -0.39 is 35.6 Å². The summed E-state index contributed by atoms with van der Waals surface area (Å²) >= 11 is 5.85. The Bertz CT molecular complexity index is 1490. The molecule has 1 aromatic heterocycles. The number of carbonyl (C=O) groups is 3. The molecule has 9 nitrogen and oxygen atoms in total. The van der Waals surface area contributed by atoms with Gasteiger partial charge in [0, 0.05) is 29.3 Å². The van der Waals surface area contributed by atoms with Crippen molar-refractivity contribution in [2.45, 2.75) is 12.5 Å². The Balaban J connectivity index is 1.51. The lowest BCUT2D eigenvalue weighted by Crippen LogP contribution is -2.45. The molecule has 0 spiro atoms. The summed E-state index contributed by atoms with van der Waals surface area (Å²) < 4.78 is 32.3. The third-order valence-corrected chi connectivity index (χ3v) is 5.92. The van der Waals surface area contributed by atoms with Gasteiger partial charge in [-0.25, -0.2) is 13.6 Å². The van der Waals surface area contributed by atoms with Crippen LogP contribution < -0.4 is 16.0 Å². The summed E-state index contributed by atoms with van der Waals surface area (Å²) in [6, 6.07) is 16.3. The summed E-state index contributed by atoms with van der Waals surface area (Å²) in [6.07, 6.45) is -0.622. The van der Waals surface area contributed by atoms with Crippen LogP contribution in [-0.2, 0) is 16.0 Å². The summed E-state index contributed by atoms with van der Waals surface area (Å²) in [5, 5.41) is 14.3. The van der Waals surface area contributed by atoms with Gasteiger partial charge in [-0.3, -0.25) is 20.0 Å². The molecule has 1 atom stereocenters. The molecule has 200 valence electrons. The first-order valence-electron chi connectivity index (χ1n) is 11.5. The maximum atomic E-state index is 14.4. The number of anilines is 2. The van der Waals surface area contributed by atoms with Crippen molar-refractivity contribution >= 4 is 41.0 Å². The molecule has 0 aliphatic rings. The predicted molar refractivity (Wildman–Crippen MR) is 141 cm³/mol. The molecule has 0 radical (unpaired) electrons. The molecule has 39 heavy (non-hydrogen) atoms. The van der Waals surface area contributed by atoms with Crippen molar-refractivity contribution < 1.29 is 27.9 Å². The highest BCUT2D eigenvalue weighted by atomic mass is 35.5. The lowest BCUT2D eigenvalue weighted by Gasteiger charge is -2.18. The molecule has 1 heterocycles. The summed E-state index contributed by atoms with van der Waals surface area (Å²) in [5.74, 6) is -2.17. The zero-order valence-electron chi connectivity index (χ0n) is 20.4. The van der Waals surface area contributed by atoms with E-state index in [0.717, 1.165) is 0 Å². The van der Waals surface area contributed by atoms with Crippen molar-refractivity contribution in [1.29, 1.82) is 0 Å². The van der Waals surface area contributed by atoms with Crippen LogP contribution in [0.15, 0.2) is 72.8 Å². The van der Waals surface area contributed by atoms with E-state index in [-0.39, 0.29) is 34.1 Å². The minimum Gasteiger partial charge on any atom is -0.453 e. The first kappa shape index (κ1) is 27.3. The van der Waals surface area contributed by atoms with Gasteiger partial charge < -0.3 is 15.4 Å². The Morgan fingerprint density at radius 1 is 1.00 bits per heavy atom. The molecular weight excluding hydrogens is 532 g/mol. The van der Waals surface area contributed by atoms with E-state index in [9.17, 15) is 23.2 Å². The Morgan fingerprint density at radius 3 is 2.41 bits per heavy atom. The van der Waals surface area contributed by atoms with E-state index in [0.29, 0.717) is 11.3 Å². The molecule has 3 amide bonds. The smallest absolute Gasteiger partial charge is 0.411 e. The Labute approximate surface area is 226 Å². The maximum Gasteiger partial charge on any atom is 0.411 e. The minimum atomic E-state index is -1.08. The van der Waals surface area contributed by atoms with Crippen LogP contribution >= 0.6 is 11.6 Å². The van der Waals surface area contributed by atoms with Crippen LogP contribution in [0.4, 0.5) is 25.1 Å². The summed E-state index contributed by atoms with van der Waals surface area (Å²) in [7, 11) is 1.23. The van der Waals surface area contributed by atoms with Crippen molar-refractivity contribution in [3.63, 3.8) is 0 Å². The maximum absolute atomic E-state index is 14.4. The van der Waals surface area contributed by atoms with Crippen LogP contribution in [0, 0.1) is 11.6 Å². The lowest BCUT2D eigenvalue weighted by atomic mass is 10.0. The first-order chi connectivity index (χ1) is 18.7. The molecular formula is C27H22ClF2N5O4. The van der Waals surface area contributed by atoms with Crippen LogP contribution in [0.25, 0.3) is 11.3 Å². The quantitative estimate of drug-likeness (QED) is 0.240. The number of halogens is 3. The van der Waals surface area contributed by atoms with Gasteiger partial charge >= 0.3 is 6.09 Å². The van der Waals surface area contributed by atoms with E-state index in [2.05, 4.69) is 30.9 Å². The minimum absolute atomic E-state index is 0.0417. The molecule has 0 saturated heterocycles. The summed E-state index contributed by atoms with van der Waals surface area (Å²) in [4.78, 5) is 37.5. The fourth-order valence-corrected chi connectivity index (χ4v) is 3.80. The predicted octanol–water partition coefficient (Wildman–Crippen LogP) is 5.17. The van der Waals surface area contributed by atoms with Gasteiger partial charge in [0.2, 0.25) is 5.91 Å². The van der Waals surface area contributed by atoms with E-state index in [1.165, 1.54) is 73.8 Å². The Morgan fingerprint density at radius 2 is 1.72 bits per heavy atom. The van der Waals surface area contributed by atoms with Gasteiger partial charge in [-0.05, 0) is 54.1 Å². The third kappa shape index (κ3) is 6.96. The van der Waals surface area contributed by atoms with Crippen molar-refractivity contribution in [3.05, 3.63) is 101 Å². The van der Waals surface area contributed by atoms with Crippen molar-refractivity contribution in [2.75, 3.05) is 17.7 Å². The standard InChI is InChI=1S/C27H22ClF2N5O4/c1-39-27(38)31-18-11-7-16(8-12-18)25(36)32-22(13-15-5-9-17(29)10-6-15)26(37)33-23-14-21(34-35-23)19-3-2-4-20(28)24(19)30/h2-12,14,22H,13H2,1H3,(H,31,38)(H,32,36)(H2,33,34,35,37)/t22-/m0/s1. The fraction of sp³-hybridized carbons (Fsp3) is 0.111. The Hall–Kier alpha value is -4.77. The van der Waals surface area contributed by atoms with E-state index in [4.69, 9.17) is 11.6 Å². The average Bonchev–Trinajstić information content (AvgIpc) is 3.39. The molecule has 0 fully saturated rings. The second-order valence-corrected chi connectivity index (χ2v) is 8.72. The van der Waals surface area contributed by atoms with E-state index in [1.807, 2.05) is 0 Å². The zero-order valence-corrected chi connectivity index (χ0v) is 21.2. The molecule has 3 aromatic carbocycles. The fourth-order valence-electron chi connectivity index (χ4n) is 3.63. The van der Waals surface area contributed by atoms with Gasteiger partial charge in [-0.1, -0.05) is 29.8 Å². The van der Waals surface area contributed by atoms with Crippen molar-refractivity contribution in [2.24, 2.45) is 0 Å². The topological polar surface area (TPSA) is 125 Å². The molecule has 0 aliphatic heterocycles. The second-order valence-electron chi connectivity index (χ2n) is 8.31. The molecule has 12 heteroatoms. The Kier molecular flexibility index (Phi) is 8.52. The molecule has 0 bridgehead atoms. The highest BCUT2D eigenvalue weighted by Gasteiger charge is 2.23. The highest BCUT2D eigenvalue weighted by Crippen LogP contribution is 2.27. The third-order valence-electron chi connectivity index (χ3n) is 5.62. The number of nitrogens with zero attached hydrogens (tertiary/aromatic N) is 1. The lowest BCUT2D eigenvalue weighted by molar-refractivity contribution is -0.118. The number of amides is 3. The second kappa shape index (κ2) is 12.2. The zero-order chi connectivity index (χ0) is 27.9. The van der Waals surface area contributed by atoms with E-state index in [1.54, 1.807) is 6.07 Å². The van der Waals surface area contributed by atoms with Crippen molar-refractivity contribution in [3.8, 4) is 11.3 Å². The van der Waals surface area contributed by atoms with Gasteiger partial charge in [0.25, 0.3) is 5.91 Å². The number of aromatic amines is 1. The van der Waals surface area contributed by atoms with Crippen molar-refractivity contribution in [1.82, 2.24) is 15.5 Å². The SMILES string of the molecule is COC(=O)Nc1ccc(C(=O)N[C@@H](Cc2ccc(F)cc2)C(=O)Nc2cc(-c3cccc(Cl)c3F)[nH]n2)cc1. The molecule has 0 aliphatic carbocycles. The summed E-state index contributed by atoms with van der Waals surface area (Å²) in [6.45, 7) is 0. The monoisotopic (exact) mass is 553 g/mol. The number of hydrogen-bond acceptors (Lipinski definition) is 5. The summed E-state index contributed by atoms with van der Waals surface area (Å²) in [5.41, 5.74) is 1.67. The first-order valence-corrected chi connectivity index (χ1v) is 11.9. The molecule has 0 unspecified atom stereocenters. The molecule has 4 rings (SSSR count). The van der Waals surface area contributed by atoms with Crippen LogP contribution in [0.3, 0.4) is 0 Å². The number of H-pyrrole nitrogens is 1. The van der Waals surface area contributed by atoms with E-state index >= 15 is 0 Å². The number of rotatable bonds is 8. The normalized spacial score (nSPS) is 11.4. The highest BCUT2D eigenvalue weighted by molar-refractivity contribution is 6.31. The van der Waals surface area contributed by atoms with Gasteiger partial charge in [-0.15, -0.1) is 0 Å². The molecule has 4 aromatic rings. The number of methoxy groups -OCH3 is 1. The number of hydrogen-bond donors (Lipinski definition) is 4. The molecule has 0 saturated carbocycles. The van der Waals surface area contributed by atoms with Gasteiger partial charge in [0.1, 0.15) is 11.9 Å². The van der Waals surface area contributed by atoms with Crippen LogP contribution in [0.5, 0.6) is 0 Å². The van der Waals surface area contributed by atoms with Crippen LogP contribution in [0.2, 0.25) is 5.02 Å². The number of nitrogens with one attached hydrogen (secondary N) is 4. The van der Waals surface area contributed by atoms with Crippen LogP contribution in [0.1, 0.15) is 15.9 Å². The number of ether oxygens (including phenoxy) is 1. The number of aromatic nitrogens is 2. The van der Waals surface area contributed by atoms with Gasteiger partial charge in [-0.2, -0.15) is 5.10 Å². The van der Waals surface area contributed by atoms with Gasteiger partial charge in [0.15, 0.2) is 11.6 Å². The molecule has 4 N–H and O–H groups in total. The number of benzene rings is 3. The average molecular weight is 554 g/mol.